The molecule has 0 amide bonds. The summed E-state index contributed by atoms with van der Waals surface area (Å²) < 4.78 is 1.78. The second kappa shape index (κ2) is 5.77. The highest BCUT2D eigenvalue weighted by atomic mass is 16.3. The number of aromatic amines is 1. The molecule has 3 rings (SSSR count). The number of aryl methyl sites for hydroxylation is 1. The van der Waals surface area contributed by atoms with Crippen molar-refractivity contribution < 1.29 is 5.11 Å². The molecule has 1 unspecified atom stereocenters. The molecule has 0 spiro atoms. The monoisotopic (exact) mass is 305 g/mol. The van der Waals surface area contributed by atoms with Gasteiger partial charge in [0, 0.05) is 25.6 Å². The molecule has 8 heteroatoms. The molecule has 1 aliphatic rings. The first-order valence-electron chi connectivity index (χ1n) is 7.77. The van der Waals surface area contributed by atoms with Gasteiger partial charge < -0.3 is 5.11 Å². The van der Waals surface area contributed by atoms with Crippen molar-refractivity contribution in [3.05, 3.63) is 23.5 Å². The summed E-state index contributed by atoms with van der Waals surface area (Å²) in [5.41, 5.74) is -0.281. The van der Waals surface area contributed by atoms with Crippen LogP contribution in [0.25, 0.3) is 0 Å². The number of aliphatic hydroxyl groups is 1. The number of hydrogen-bond acceptors (Lipinski definition) is 6. The van der Waals surface area contributed by atoms with Gasteiger partial charge in [0.25, 0.3) is 0 Å². The fraction of sp³-hybridized carbons (Fsp3) is 0.714. The van der Waals surface area contributed by atoms with Gasteiger partial charge in [-0.15, -0.1) is 5.10 Å². The lowest BCUT2D eigenvalue weighted by Crippen LogP contribution is -2.31. The van der Waals surface area contributed by atoms with Crippen LogP contribution < -0.4 is 0 Å². The van der Waals surface area contributed by atoms with Gasteiger partial charge in [0.05, 0.1) is 12.7 Å². The van der Waals surface area contributed by atoms with Crippen molar-refractivity contribution in [2.45, 2.75) is 51.8 Å². The van der Waals surface area contributed by atoms with Crippen molar-refractivity contribution in [3.8, 4) is 0 Å². The molecule has 0 aliphatic carbocycles. The molecular formula is C14H23N7O. The third-order valence-corrected chi connectivity index (χ3v) is 4.11. The molecule has 120 valence electrons. The van der Waals surface area contributed by atoms with E-state index in [1.807, 2.05) is 27.0 Å². The number of aromatic nitrogens is 6. The van der Waals surface area contributed by atoms with Gasteiger partial charge in [-0.3, -0.25) is 10.00 Å². The van der Waals surface area contributed by atoms with Crippen molar-refractivity contribution in [1.82, 2.24) is 35.1 Å². The van der Waals surface area contributed by atoms with Crippen LogP contribution in [0, 0.1) is 0 Å². The normalized spacial score (nSPS) is 22.8. The zero-order chi connectivity index (χ0) is 15.7. The van der Waals surface area contributed by atoms with Crippen LogP contribution in [0.5, 0.6) is 0 Å². The molecule has 0 saturated carbocycles. The Bertz CT molecular complexity index is 635. The Kier molecular flexibility index (Phi) is 3.96. The summed E-state index contributed by atoms with van der Waals surface area (Å²) in [6, 6.07) is 0.240. The van der Waals surface area contributed by atoms with Crippen molar-refractivity contribution in [1.29, 1.82) is 0 Å². The highest BCUT2D eigenvalue weighted by molar-refractivity contribution is 5.11. The SMILES string of the molecule is CCc1n[nH]c(CN2CCC(O)(c3cn(C(C)C)nn3)C2)n1. The average molecular weight is 305 g/mol. The van der Waals surface area contributed by atoms with E-state index in [0.29, 0.717) is 25.2 Å². The number of β-amino-alcohol motifs (C(OH)–C–C–N with tert-alkyl or cyclic N) is 1. The number of H-pyrrole nitrogens is 1. The number of likely N-dealkylation sites (tertiary alicyclic amines) is 1. The molecule has 8 nitrogen and oxygen atoms in total. The van der Waals surface area contributed by atoms with Crippen molar-refractivity contribution >= 4 is 0 Å². The summed E-state index contributed by atoms with van der Waals surface area (Å²) in [5, 5.41) is 26.2. The fourth-order valence-corrected chi connectivity index (χ4v) is 2.73. The molecule has 1 fully saturated rings. The van der Waals surface area contributed by atoms with Crippen LogP contribution in [-0.2, 0) is 18.6 Å². The Morgan fingerprint density at radius 2 is 2.27 bits per heavy atom. The molecule has 2 N–H and O–H groups in total. The van der Waals surface area contributed by atoms with Gasteiger partial charge in [-0.25, -0.2) is 9.67 Å². The Morgan fingerprint density at radius 1 is 1.45 bits per heavy atom. The van der Waals surface area contributed by atoms with Gasteiger partial charge in [0.1, 0.15) is 22.9 Å². The maximum atomic E-state index is 10.9. The Labute approximate surface area is 129 Å². The van der Waals surface area contributed by atoms with Gasteiger partial charge >= 0.3 is 0 Å². The number of hydrogen-bond donors (Lipinski definition) is 2. The van der Waals surface area contributed by atoms with E-state index in [1.54, 1.807) is 4.68 Å². The van der Waals surface area contributed by atoms with E-state index in [1.165, 1.54) is 0 Å². The molecule has 3 heterocycles. The third kappa shape index (κ3) is 2.89. The molecule has 1 saturated heterocycles. The minimum atomic E-state index is -0.930. The number of nitrogens with one attached hydrogen (secondary N) is 1. The summed E-state index contributed by atoms with van der Waals surface area (Å²) in [6.45, 7) is 8.10. The molecule has 1 atom stereocenters. The second-order valence-electron chi connectivity index (χ2n) is 6.22. The third-order valence-electron chi connectivity index (χ3n) is 4.11. The van der Waals surface area contributed by atoms with Crippen LogP contribution in [0.1, 0.15) is 50.6 Å². The van der Waals surface area contributed by atoms with Gasteiger partial charge in [-0.1, -0.05) is 12.1 Å². The lowest BCUT2D eigenvalue weighted by atomic mass is 10.00. The van der Waals surface area contributed by atoms with Gasteiger partial charge in [0.2, 0.25) is 0 Å². The maximum absolute atomic E-state index is 10.9. The number of nitrogens with zero attached hydrogens (tertiary/aromatic N) is 6. The van der Waals surface area contributed by atoms with Gasteiger partial charge in [-0.05, 0) is 20.3 Å². The topological polar surface area (TPSA) is 95.8 Å². The van der Waals surface area contributed by atoms with Gasteiger partial charge in [-0.2, -0.15) is 5.10 Å². The second-order valence-corrected chi connectivity index (χ2v) is 6.22. The van der Waals surface area contributed by atoms with Crippen LogP contribution in [-0.4, -0.2) is 53.3 Å². The van der Waals surface area contributed by atoms with Crippen LogP contribution >= 0.6 is 0 Å². The van der Waals surface area contributed by atoms with Crippen molar-refractivity contribution in [2.75, 3.05) is 13.1 Å². The Morgan fingerprint density at radius 3 is 2.91 bits per heavy atom. The minimum absolute atomic E-state index is 0.240. The van der Waals surface area contributed by atoms with Crippen LogP contribution in [0.3, 0.4) is 0 Å². The predicted octanol–water partition coefficient (Wildman–Crippen LogP) is 0.633. The zero-order valence-corrected chi connectivity index (χ0v) is 13.3. The average Bonchev–Trinajstić information content (AvgIpc) is 3.19. The molecular weight excluding hydrogens is 282 g/mol. The minimum Gasteiger partial charge on any atom is -0.382 e. The van der Waals surface area contributed by atoms with Crippen molar-refractivity contribution in [3.63, 3.8) is 0 Å². The summed E-state index contributed by atoms with van der Waals surface area (Å²) in [5.74, 6) is 1.66. The molecule has 2 aromatic heterocycles. The van der Waals surface area contributed by atoms with E-state index >= 15 is 0 Å². The zero-order valence-electron chi connectivity index (χ0n) is 13.3. The van der Waals surface area contributed by atoms with Gasteiger partial charge in [0.15, 0.2) is 0 Å². The van der Waals surface area contributed by atoms with E-state index in [0.717, 1.165) is 24.6 Å². The highest BCUT2D eigenvalue weighted by Gasteiger charge is 2.40. The van der Waals surface area contributed by atoms with Crippen molar-refractivity contribution in [2.24, 2.45) is 0 Å². The van der Waals surface area contributed by atoms with E-state index in [9.17, 15) is 5.11 Å². The predicted molar refractivity (Wildman–Crippen MR) is 80.0 cm³/mol. The highest BCUT2D eigenvalue weighted by Crippen LogP contribution is 2.31. The number of rotatable bonds is 5. The first-order chi connectivity index (χ1) is 10.5. The summed E-state index contributed by atoms with van der Waals surface area (Å²) in [6.07, 6.45) is 3.31. The maximum Gasteiger partial charge on any atom is 0.150 e. The van der Waals surface area contributed by atoms with Crippen LogP contribution in [0.2, 0.25) is 0 Å². The summed E-state index contributed by atoms with van der Waals surface area (Å²) >= 11 is 0. The lowest BCUT2D eigenvalue weighted by Gasteiger charge is -2.20. The molecule has 1 aliphatic heterocycles. The standard InChI is InChI=1S/C14H23N7O/c1-4-12-15-13(18-17-12)8-20-6-5-14(22,9-20)11-7-21(10(2)3)19-16-11/h7,10,22H,4-6,8-9H2,1-3H3,(H,15,17,18). The van der Waals surface area contributed by atoms with E-state index in [4.69, 9.17) is 0 Å². The fourth-order valence-electron chi connectivity index (χ4n) is 2.73. The molecule has 0 aromatic carbocycles. The van der Waals surface area contributed by atoms with E-state index in [2.05, 4.69) is 30.4 Å². The Hall–Kier alpha value is -1.80. The largest absolute Gasteiger partial charge is 0.382 e. The smallest absolute Gasteiger partial charge is 0.150 e. The molecule has 22 heavy (non-hydrogen) atoms. The first kappa shape index (κ1) is 15.1. The first-order valence-corrected chi connectivity index (χ1v) is 7.77. The lowest BCUT2D eigenvalue weighted by molar-refractivity contribution is 0.0405. The Balaban J connectivity index is 1.67. The molecule has 0 bridgehead atoms. The molecule has 2 aromatic rings. The van der Waals surface area contributed by atoms with Crippen LogP contribution in [0.15, 0.2) is 6.20 Å². The summed E-state index contributed by atoms with van der Waals surface area (Å²) in [7, 11) is 0. The van der Waals surface area contributed by atoms with E-state index in [-0.39, 0.29) is 6.04 Å². The van der Waals surface area contributed by atoms with Crippen LogP contribution in [0.4, 0.5) is 0 Å². The van der Waals surface area contributed by atoms with E-state index < -0.39 is 5.60 Å². The quantitative estimate of drug-likeness (QED) is 0.841. The summed E-state index contributed by atoms with van der Waals surface area (Å²) in [4.78, 5) is 6.58. The molecule has 0 radical (unpaired) electrons.